The maximum atomic E-state index is 12.0. The summed E-state index contributed by atoms with van der Waals surface area (Å²) >= 11 is 0. The number of hydrogen-bond acceptors (Lipinski definition) is 4. The molecular weight excluding hydrogens is 242 g/mol. The van der Waals surface area contributed by atoms with Crippen LogP contribution in [-0.2, 0) is 4.74 Å². The van der Waals surface area contributed by atoms with Crippen LogP contribution in [-0.4, -0.2) is 48.1 Å². The van der Waals surface area contributed by atoms with Gasteiger partial charge in [0.2, 0.25) is 0 Å². The van der Waals surface area contributed by atoms with E-state index < -0.39 is 5.60 Å². The lowest BCUT2D eigenvalue weighted by atomic mass is 10.2. The molecule has 0 fully saturated rings. The fourth-order valence-corrected chi connectivity index (χ4v) is 1.65. The molecule has 0 aromatic heterocycles. The number of nitrogens with zero attached hydrogens (tertiary/aromatic N) is 2. The van der Waals surface area contributed by atoms with Crippen molar-refractivity contribution in [3.8, 4) is 12.3 Å². The van der Waals surface area contributed by atoms with E-state index in [9.17, 15) is 4.79 Å². The Bertz CT molecular complexity index is 390. The van der Waals surface area contributed by atoms with Crippen LogP contribution in [0.1, 0.15) is 34.1 Å². The van der Waals surface area contributed by atoms with Crippen molar-refractivity contribution in [3.63, 3.8) is 0 Å². The fraction of sp³-hybridized carbons (Fsp3) is 0.714. The number of aliphatic imine (C=N–C) groups is 1. The molecular formula is C14H23N3O2. The minimum absolute atomic E-state index is 0.0441. The first-order valence-corrected chi connectivity index (χ1v) is 6.59. The number of hydrogen-bond donors (Lipinski definition) is 1. The third-order valence-corrected chi connectivity index (χ3v) is 2.62. The quantitative estimate of drug-likeness (QED) is 0.772. The first-order valence-electron chi connectivity index (χ1n) is 6.59. The van der Waals surface area contributed by atoms with Crippen LogP contribution in [0, 0.1) is 12.3 Å². The summed E-state index contributed by atoms with van der Waals surface area (Å²) < 4.78 is 5.35. The van der Waals surface area contributed by atoms with Crippen LogP contribution in [0.15, 0.2) is 4.99 Å². The van der Waals surface area contributed by atoms with Crippen molar-refractivity contribution in [1.29, 1.82) is 0 Å². The molecule has 0 aromatic carbocycles. The van der Waals surface area contributed by atoms with Crippen LogP contribution in [0.3, 0.4) is 0 Å². The highest BCUT2D eigenvalue weighted by Gasteiger charge is 2.25. The molecule has 1 atom stereocenters. The van der Waals surface area contributed by atoms with Gasteiger partial charge in [0, 0.05) is 6.54 Å². The lowest BCUT2D eigenvalue weighted by molar-refractivity contribution is 0.0276. The van der Waals surface area contributed by atoms with E-state index in [0.29, 0.717) is 19.6 Å². The lowest BCUT2D eigenvalue weighted by Crippen LogP contribution is -2.49. The zero-order valence-electron chi connectivity index (χ0n) is 12.2. The predicted molar refractivity (Wildman–Crippen MR) is 76.2 cm³/mol. The van der Waals surface area contributed by atoms with E-state index in [-0.39, 0.29) is 12.1 Å². The van der Waals surface area contributed by atoms with Crippen LogP contribution in [0.5, 0.6) is 0 Å². The van der Waals surface area contributed by atoms with Gasteiger partial charge in [-0.1, -0.05) is 12.8 Å². The highest BCUT2D eigenvalue weighted by Crippen LogP contribution is 2.11. The molecule has 5 nitrogen and oxygen atoms in total. The zero-order chi connectivity index (χ0) is 14.5. The van der Waals surface area contributed by atoms with Crippen molar-refractivity contribution in [2.45, 2.75) is 45.8 Å². The molecule has 1 amide bonds. The lowest BCUT2D eigenvalue weighted by Gasteiger charge is -2.30. The predicted octanol–water partition coefficient (Wildman–Crippen LogP) is 1.64. The number of amides is 1. The minimum atomic E-state index is -0.482. The molecule has 5 heteroatoms. The van der Waals surface area contributed by atoms with E-state index in [2.05, 4.69) is 16.2 Å². The molecule has 1 aliphatic heterocycles. The Kier molecular flexibility index (Phi) is 5.22. The van der Waals surface area contributed by atoms with E-state index >= 15 is 0 Å². The van der Waals surface area contributed by atoms with E-state index in [1.807, 2.05) is 27.7 Å². The second-order valence-electron chi connectivity index (χ2n) is 5.50. The third kappa shape index (κ3) is 5.21. The Morgan fingerprint density at radius 3 is 2.84 bits per heavy atom. The Morgan fingerprint density at radius 1 is 1.63 bits per heavy atom. The van der Waals surface area contributed by atoms with Gasteiger partial charge in [-0.25, -0.2) is 4.79 Å². The van der Waals surface area contributed by atoms with E-state index in [1.54, 1.807) is 4.90 Å². The highest BCUT2D eigenvalue weighted by molar-refractivity contribution is 5.88. The first-order chi connectivity index (χ1) is 8.85. The third-order valence-electron chi connectivity index (χ3n) is 2.62. The Balaban J connectivity index is 2.56. The molecule has 0 saturated carbocycles. The molecule has 0 radical (unpaired) electrons. The number of carbonyl (C=O) groups is 1. The summed E-state index contributed by atoms with van der Waals surface area (Å²) in [6, 6.07) is -0.0441. The first kappa shape index (κ1) is 15.4. The number of terminal acetylenes is 1. The molecule has 0 bridgehead atoms. The Labute approximate surface area is 115 Å². The second kappa shape index (κ2) is 6.46. The SMILES string of the molecule is C#CC(CC)NC1=NCCN(C(=O)OC(C)(C)C)C1. The van der Waals surface area contributed by atoms with Crippen LogP contribution in [0.2, 0.25) is 0 Å². The van der Waals surface area contributed by atoms with E-state index in [0.717, 1.165) is 12.3 Å². The van der Waals surface area contributed by atoms with Gasteiger partial charge in [-0.05, 0) is 27.2 Å². The monoisotopic (exact) mass is 265 g/mol. The van der Waals surface area contributed by atoms with Gasteiger partial charge >= 0.3 is 6.09 Å². The van der Waals surface area contributed by atoms with Gasteiger partial charge in [-0.3, -0.25) is 9.89 Å². The largest absolute Gasteiger partial charge is 0.444 e. The minimum Gasteiger partial charge on any atom is -0.444 e. The summed E-state index contributed by atoms with van der Waals surface area (Å²) in [5.74, 6) is 3.41. The number of rotatable bonds is 2. The number of ether oxygens (including phenoxy) is 1. The average Bonchev–Trinajstić information content (AvgIpc) is 2.34. The van der Waals surface area contributed by atoms with Gasteiger partial charge in [0.05, 0.1) is 19.1 Å². The van der Waals surface area contributed by atoms with E-state index in [1.165, 1.54) is 0 Å². The maximum Gasteiger partial charge on any atom is 0.410 e. The van der Waals surface area contributed by atoms with Gasteiger partial charge in [0.15, 0.2) is 0 Å². The number of carbonyl (C=O) groups excluding carboxylic acids is 1. The second-order valence-corrected chi connectivity index (χ2v) is 5.50. The van der Waals surface area contributed by atoms with Crippen molar-refractivity contribution >= 4 is 11.9 Å². The van der Waals surface area contributed by atoms with Crippen molar-refractivity contribution < 1.29 is 9.53 Å². The molecule has 1 N–H and O–H groups in total. The normalized spacial score (nSPS) is 17.2. The highest BCUT2D eigenvalue weighted by atomic mass is 16.6. The molecule has 1 heterocycles. The zero-order valence-corrected chi connectivity index (χ0v) is 12.2. The summed E-state index contributed by atoms with van der Waals surface area (Å²) in [5.41, 5.74) is -0.482. The van der Waals surface area contributed by atoms with Gasteiger partial charge < -0.3 is 10.1 Å². The van der Waals surface area contributed by atoms with Crippen molar-refractivity contribution in [3.05, 3.63) is 0 Å². The summed E-state index contributed by atoms with van der Waals surface area (Å²) in [6.07, 6.45) is 5.92. The molecule has 0 spiro atoms. The van der Waals surface area contributed by atoms with Crippen molar-refractivity contribution in [2.24, 2.45) is 4.99 Å². The van der Waals surface area contributed by atoms with Crippen LogP contribution >= 0.6 is 0 Å². The average molecular weight is 265 g/mol. The van der Waals surface area contributed by atoms with Crippen LogP contribution < -0.4 is 5.32 Å². The van der Waals surface area contributed by atoms with Crippen LogP contribution in [0.4, 0.5) is 4.79 Å². The van der Waals surface area contributed by atoms with Crippen molar-refractivity contribution in [1.82, 2.24) is 10.2 Å². The summed E-state index contributed by atoms with van der Waals surface area (Å²) in [5, 5.41) is 3.17. The standard InChI is InChI=1S/C14H23N3O2/c1-6-11(7-2)16-12-10-17(9-8-15-12)13(18)19-14(3,4)5/h1,11H,7-10H2,2-5H3,(H,15,16). The fourth-order valence-electron chi connectivity index (χ4n) is 1.65. The Hall–Kier alpha value is -1.70. The topological polar surface area (TPSA) is 53.9 Å². The van der Waals surface area contributed by atoms with Crippen LogP contribution in [0.25, 0.3) is 0 Å². The van der Waals surface area contributed by atoms with Gasteiger partial charge in [0.1, 0.15) is 11.4 Å². The van der Waals surface area contributed by atoms with Gasteiger partial charge in [-0.2, -0.15) is 0 Å². The molecule has 0 aliphatic carbocycles. The smallest absolute Gasteiger partial charge is 0.410 e. The maximum absolute atomic E-state index is 12.0. The molecule has 0 aromatic rings. The molecule has 19 heavy (non-hydrogen) atoms. The van der Waals surface area contributed by atoms with Gasteiger partial charge in [-0.15, -0.1) is 6.42 Å². The molecule has 0 saturated heterocycles. The summed E-state index contributed by atoms with van der Waals surface area (Å²) in [6.45, 7) is 9.14. The number of nitrogens with one attached hydrogen (secondary N) is 1. The van der Waals surface area contributed by atoms with E-state index in [4.69, 9.17) is 11.2 Å². The summed E-state index contributed by atoms with van der Waals surface area (Å²) in [4.78, 5) is 18.0. The molecule has 1 aliphatic rings. The van der Waals surface area contributed by atoms with Gasteiger partial charge in [0.25, 0.3) is 0 Å². The van der Waals surface area contributed by atoms with Crippen molar-refractivity contribution in [2.75, 3.05) is 19.6 Å². The summed E-state index contributed by atoms with van der Waals surface area (Å²) in [7, 11) is 0. The molecule has 106 valence electrons. The number of amidine groups is 1. The molecule has 1 rings (SSSR count). The molecule has 1 unspecified atom stereocenters. The Morgan fingerprint density at radius 2 is 2.32 bits per heavy atom.